The van der Waals surface area contributed by atoms with Crippen LogP contribution in [-0.2, 0) is 4.79 Å². The molecule has 9 atom stereocenters. The van der Waals surface area contributed by atoms with E-state index in [-0.39, 0.29) is 10.8 Å². The summed E-state index contributed by atoms with van der Waals surface area (Å²) in [5.41, 5.74) is -0.530. The molecular weight excluding hydrogens is 366 g/mol. The van der Waals surface area contributed by atoms with E-state index < -0.39 is 5.60 Å². The van der Waals surface area contributed by atoms with Crippen LogP contribution < -0.4 is 5.32 Å². The van der Waals surface area contributed by atoms with E-state index in [1.165, 1.54) is 19.3 Å². The van der Waals surface area contributed by atoms with Gasteiger partial charge >= 0.3 is 0 Å². The average Bonchev–Trinajstić information content (AvgIpc) is 3.25. The molecule has 0 bridgehead atoms. The number of carbonyl (C=O) groups is 1. The third-order valence-corrected chi connectivity index (χ3v) is 11.8. The Kier molecular flexibility index (Phi) is 4.77. The molecule has 0 aromatic heterocycles. The van der Waals surface area contributed by atoms with Crippen LogP contribution in [0.2, 0.25) is 0 Å². The van der Waals surface area contributed by atoms with Gasteiger partial charge in [0.15, 0.2) is 0 Å². The first-order chi connectivity index (χ1) is 13.3. The first-order valence-corrected chi connectivity index (χ1v) is 12.8. The van der Waals surface area contributed by atoms with Gasteiger partial charge in [-0.3, -0.25) is 4.79 Å². The number of hydrogen-bond donors (Lipinski definition) is 2. The van der Waals surface area contributed by atoms with Crippen molar-refractivity contribution in [2.24, 2.45) is 34.5 Å². The molecule has 4 saturated carbocycles. The number of carbonyl (C=O) groups excluding carboxylic acids is 1. The maximum Gasteiger partial charge on any atom is 0.139 e. The number of fused-ring (bicyclic) bond motifs is 5. The fourth-order valence-corrected chi connectivity index (χ4v) is 10.2. The highest BCUT2D eigenvalue weighted by atomic mass is 32.2. The van der Waals surface area contributed by atoms with E-state index in [9.17, 15) is 9.90 Å². The van der Waals surface area contributed by atoms with Gasteiger partial charge in [0.25, 0.3) is 0 Å². The van der Waals surface area contributed by atoms with Crippen molar-refractivity contribution in [2.75, 3.05) is 13.1 Å². The monoisotopic (exact) mass is 405 g/mol. The lowest BCUT2D eigenvalue weighted by molar-refractivity contribution is -0.217. The van der Waals surface area contributed by atoms with Gasteiger partial charge in [-0.25, -0.2) is 0 Å². The molecule has 28 heavy (non-hydrogen) atoms. The summed E-state index contributed by atoms with van der Waals surface area (Å²) in [6, 6.07) is 0. The Morgan fingerprint density at radius 3 is 2.61 bits per heavy atom. The van der Waals surface area contributed by atoms with Gasteiger partial charge in [0.05, 0.1) is 5.60 Å². The topological polar surface area (TPSA) is 49.3 Å². The molecule has 0 radical (unpaired) electrons. The maximum absolute atomic E-state index is 12.7. The maximum atomic E-state index is 12.7. The standard InChI is InChI=1S/C24H39NO2S/c1-15-12-24(27)13-16(28-17-8-11-25-14-17)6-10-23(24,3)19-7-9-22(2)18(21(15)19)4-5-20(22)26/h15-19,21,25,27H,4-14H2,1-3H3/t15?,16?,17-,18+,19-,21+,22+,23-,24?/m1/s1. The van der Waals surface area contributed by atoms with E-state index in [1.807, 2.05) is 0 Å². The van der Waals surface area contributed by atoms with E-state index in [1.54, 1.807) is 0 Å². The summed E-state index contributed by atoms with van der Waals surface area (Å²) in [4.78, 5) is 12.7. The summed E-state index contributed by atoms with van der Waals surface area (Å²) in [7, 11) is 0. The van der Waals surface area contributed by atoms with Crippen molar-refractivity contribution >= 4 is 17.5 Å². The number of hydrogen-bond acceptors (Lipinski definition) is 4. The molecule has 1 saturated heterocycles. The molecular formula is C24H39NO2S. The quantitative estimate of drug-likeness (QED) is 0.714. The zero-order valence-electron chi connectivity index (χ0n) is 18.0. The number of Topliss-reactive ketones (excluding diaryl/α,β-unsaturated/α-hetero) is 1. The van der Waals surface area contributed by atoms with Crippen LogP contribution in [0, 0.1) is 34.5 Å². The lowest BCUT2D eigenvalue weighted by Gasteiger charge is -2.65. The molecule has 1 aliphatic heterocycles. The summed E-state index contributed by atoms with van der Waals surface area (Å²) in [5, 5.41) is 16.9. The third kappa shape index (κ3) is 2.73. The first kappa shape index (κ1) is 19.9. The van der Waals surface area contributed by atoms with Crippen LogP contribution >= 0.6 is 11.8 Å². The number of thioether (sulfide) groups is 1. The lowest BCUT2D eigenvalue weighted by atomic mass is 9.42. The Morgan fingerprint density at radius 1 is 1.04 bits per heavy atom. The summed E-state index contributed by atoms with van der Waals surface area (Å²) in [5.74, 6) is 2.87. The predicted octanol–water partition coefficient (Wildman–Crippen LogP) is 4.42. The highest BCUT2D eigenvalue weighted by Crippen LogP contribution is 2.68. The smallest absolute Gasteiger partial charge is 0.139 e. The summed E-state index contributed by atoms with van der Waals surface area (Å²) >= 11 is 2.16. The van der Waals surface area contributed by atoms with E-state index in [0.29, 0.717) is 34.7 Å². The van der Waals surface area contributed by atoms with Crippen molar-refractivity contribution in [1.82, 2.24) is 5.32 Å². The Morgan fingerprint density at radius 2 is 1.86 bits per heavy atom. The zero-order valence-corrected chi connectivity index (χ0v) is 18.8. The molecule has 0 aromatic rings. The second-order valence-electron chi connectivity index (χ2n) is 11.5. The Hall–Kier alpha value is -0.0600. The number of ketones is 1. The first-order valence-electron chi connectivity index (χ1n) is 11.9. The van der Waals surface area contributed by atoms with Crippen LogP contribution in [0.15, 0.2) is 0 Å². The molecule has 5 rings (SSSR count). The van der Waals surface area contributed by atoms with Gasteiger partial charge in [0.2, 0.25) is 0 Å². The van der Waals surface area contributed by atoms with Crippen LogP contribution in [0.5, 0.6) is 0 Å². The summed E-state index contributed by atoms with van der Waals surface area (Å²) in [6.07, 6.45) is 9.76. The molecule has 4 aliphatic carbocycles. The SMILES string of the molecule is CC1CC2(O)CC(S[C@@H]3CCNC3)CC[C@]2(C)[C@@H]2CC[C@]3(C)C(=O)CC[C@H]3[C@H]12. The molecule has 1 heterocycles. The fraction of sp³-hybridized carbons (Fsp3) is 0.958. The molecule has 0 aromatic carbocycles. The Labute approximate surface area is 175 Å². The zero-order chi connectivity index (χ0) is 19.7. The van der Waals surface area contributed by atoms with Crippen LogP contribution in [0.25, 0.3) is 0 Å². The Balaban J connectivity index is 1.39. The summed E-state index contributed by atoms with van der Waals surface area (Å²) in [6.45, 7) is 9.38. The van der Waals surface area contributed by atoms with Gasteiger partial charge in [-0.1, -0.05) is 20.8 Å². The van der Waals surface area contributed by atoms with Crippen molar-refractivity contribution in [3.05, 3.63) is 0 Å². The highest BCUT2D eigenvalue weighted by molar-refractivity contribution is 8.00. The molecule has 3 unspecified atom stereocenters. The number of rotatable bonds is 2. The van der Waals surface area contributed by atoms with Crippen LogP contribution in [0.1, 0.15) is 78.6 Å². The molecule has 3 nitrogen and oxygen atoms in total. The van der Waals surface area contributed by atoms with Gasteiger partial charge in [0, 0.05) is 28.9 Å². The third-order valence-electron chi connectivity index (χ3n) is 10.2. The molecule has 2 N–H and O–H groups in total. The molecule has 0 amide bonds. The van der Waals surface area contributed by atoms with E-state index >= 15 is 0 Å². The predicted molar refractivity (Wildman–Crippen MR) is 115 cm³/mol. The largest absolute Gasteiger partial charge is 0.389 e. The normalized spacial score (nSPS) is 56.2. The van der Waals surface area contributed by atoms with Gasteiger partial charge < -0.3 is 10.4 Å². The van der Waals surface area contributed by atoms with E-state index in [2.05, 4.69) is 37.8 Å². The average molecular weight is 406 g/mol. The van der Waals surface area contributed by atoms with E-state index in [4.69, 9.17) is 0 Å². The number of nitrogens with one attached hydrogen (secondary N) is 1. The molecule has 0 spiro atoms. The van der Waals surface area contributed by atoms with Crippen molar-refractivity contribution in [3.8, 4) is 0 Å². The molecule has 4 heteroatoms. The van der Waals surface area contributed by atoms with Crippen molar-refractivity contribution < 1.29 is 9.90 Å². The minimum absolute atomic E-state index is 0.0438. The summed E-state index contributed by atoms with van der Waals surface area (Å²) < 4.78 is 0. The molecule has 158 valence electrons. The Bertz CT molecular complexity index is 649. The minimum atomic E-state index is -0.508. The fourth-order valence-electron chi connectivity index (χ4n) is 8.56. The molecule has 5 fully saturated rings. The van der Waals surface area contributed by atoms with Gasteiger partial charge in [-0.15, -0.1) is 0 Å². The van der Waals surface area contributed by atoms with Gasteiger partial charge in [0.1, 0.15) is 5.78 Å². The van der Waals surface area contributed by atoms with Crippen molar-refractivity contribution in [1.29, 1.82) is 0 Å². The molecule has 5 aliphatic rings. The second-order valence-corrected chi connectivity index (χ2v) is 13.1. The van der Waals surface area contributed by atoms with Gasteiger partial charge in [-0.2, -0.15) is 11.8 Å². The van der Waals surface area contributed by atoms with E-state index in [0.717, 1.165) is 56.9 Å². The van der Waals surface area contributed by atoms with Crippen LogP contribution in [0.3, 0.4) is 0 Å². The lowest BCUT2D eigenvalue weighted by Crippen LogP contribution is -2.64. The highest BCUT2D eigenvalue weighted by Gasteiger charge is 2.66. The van der Waals surface area contributed by atoms with Crippen molar-refractivity contribution in [3.63, 3.8) is 0 Å². The van der Waals surface area contributed by atoms with Crippen molar-refractivity contribution in [2.45, 2.75) is 94.7 Å². The number of aliphatic hydroxyl groups is 1. The van der Waals surface area contributed by atoms with Gasteiger partial charge in [-0.05, 0) is 87.0 Å². The van der Waals surface area contributed by atoms with Crippen LogP contribution in [0.4, 0.5) is 0 Å². The van der Waals surface area contributed by atoms with Crippen LogP contribution in [-0.4, -0.2) is 40.1 Å². The minimum Gasteiger partial charge on any atom is -0.389 e. The second kappa shape index (κ2) is 6.72.